The average molecular weight is 439 g/mol. The van der Waals surface area contributed by atoms with Crippen LogP contribution in [0.1, 0.15) is 33.4 Å². The number of aryl methyl sites for hydroxylation is 1. The van der Waals surface area contributed by atoms with Crippen molar-refractivity contribution in [1.29, 1.82) is 0 Å². The fourth-order valence-electron chi connectivity index (χ4n) is 4.16. The highest BCUT2D eigenvalue weighted by atomic mass is 19.1. The van der Waals surface area contributed by atoms with Crippen LogP contribution in [0.15, 0.2) is 84.9 Å². The summed E-state index contributed by atoms with van der Waals surface area (Å²) < 4.78 is 19.6. The van der Waals surface area contributed by atoms with Crippen LogP contribution in [0.25, 0.3) is 11.3 Å². The Morgan fingerprint density at radius 3 is 2.48 bits per heavy atom. The summed E-state index contributed by atoms with van der Waals surface area (Å²) in [6.07, 6.45) is -0.674. The molecule has 1 aliphatic rings. The Hall–Kier alpha value is -4.19. The Kier molecular flexibility index (Phi) is 5.26. The smallest absolute Gasteiger partial charge is 0.259 e. The lowest BCUT2D eigenvalue weighted by Crippen LogP contribution is -2.33. The van der Waals surface area contributed by atoms with Gasteiger partial charge in [-0.25, -0.2) is 4.39 Å². The van der Waals surface area contributed by atoms with Crippen molar-refractivity contribution in [3.63, 3.8) is 0 Å². The predicted octanol–water partition coefficient (Wildman–Crippen LogP) is 5.51. The van der Waals surface area contributed by atoms with Gasteiger partial charge in [-0.2, -0.15) is 0 Å². The molecule has 3 aromatic carbocycles. The SMILES string of the molecule is Cc1nc(-c2cccc(N)c2)cc2c1C(=O)N(C(Oc1ccc(F)cc1)c1ccccc1)C2. The summed E-state index contributed by atoms with van der Waals surface area (Å²) in [6, 6.07) is 24.8. The van der Waals surface area contributed by atoms with E-state index in [0.717, 1.165) is 22.4 Å². The molecule has 0 bridgehead atoms. The summed E-state index contributed by atoms with van der Waals surface area (Å²) in [7, 11) is 0. The Labute approximate surface area is 191 Å². The number of ether oxygens (including phenoxy) is 1. The number of benzene rings is 3. The van der Waals surface area contributed by atoms with E-state index in [-0.39, 0.29) is 11.7 Å². The van der Waals surface area contributed by atoms with Gasteiger partial charge in [-0.1, -0.05) is 42.5 Å². The lowest BCUT2D eigenvalue weighted by molar-refractivity contribution is 0.0216. The Balaban J connectivity index is 1.52. The van der Waals surface area contributed by atoms with Crippen molar-refractivity contribution in [3.8, 4) is 17.0 Å². The van der Waals surface area contributed by atoms with Crippen molar-refractivity contribution in [1.82, 2.24) is 9.88 Å². The van der Waals surface area contributed by atoms with Crippen LogP contribution in [-0.4, -0.2) is 15.8 Å². The fourth-order valence-corrected chi connectivity index (χ4v) is 4.16. The number of aromatic nitrogens is 1. The fraction of sp³-hybridized carbons (Fsp3) is 0.111. The first kappa shape index (κ1) is 20.7. The number of nitrogens with zero attached hydrogens (tertiary/aromatic N) is 2. The first-order valence-corrected chi connectivity index (χ1v) is 10.6. The minimum absolute atomic E-state index is 0.148. The second-order valence-electron chi connectivity index (χ2n) is 8.02. The molecule has 1 aliphatic heterocycles. The highest BCUT2D eigenvalue weighted by molar-refractivity contribution is 6.00. The zero-order chi connectivity index (χ0) is 22.9. The summed E-state index contributed by atoms with van der Waals surface area (Å²) in [6.45, 7) is 2.21. The van der Waals surface area contributed by atoms with Gasteiger partial charge in [0.05, 0.1) is 23.5 Å². The van der Waals surface area contributed by atoms with Crippen LogP contribution in [-0.2, 0) is 6.54 Å². The molecule has 33 heavy (non-hydrogen) atoms. The van der Waals surface area contributed by atoms with Crippen LogP contribution in [0.4, 0.5) is 10.1 Å². The van der Waals surface area contributed by atoms with Gasteiger partial charge < -0.3 is 10.5 Å². The summed E-state index contributed by atoms with van der Waals surface area (Å²) in [5.74, 6) is -0.0200. The summed E-state index contributed by atoms with van der Waals surface area (Å²) in [5.41, 5.74) is 11.2. The van der Waals surface area contributed by atoms with Crippen molar-refractivity contribution in [2.45, 2.75) is 19.7 Å². The number of nitrogens with two attached hydrogens (primary N) is 1. The topological polar surface area (TPSA) is 68.5 Å². The van der Waals surface area contributed by atoms with E-state index in [1.807, 2.05) is 67.6 Å². The minimum atomic E-state index is -0.674. The molecule has 0 saturated heterocycles. The molecule has 1 unspecified atom stereocenters. The molecule has 2 heterocycles. The number of rotatable bonds is 5. The molecule has 4 aromatic rings. The molecule has 0 saturated carbocycles. The third-order valence-corrected chi connectivity index (χ3v) is 5.71. The molecule has 5 rings (SSSR count). The van der Waals surface area contributed by atoms with Crippen molar-refractivity contribution in [2.24, 2.45) is 0 Å². The summed E-state index contributed by atoms with van der Waals surface area (Å²) >= 11 is 0. The first-order valence-electron chi connectivity index (χ1n) is 10.6. The number of pyridine rings is 1. The van der Waals surface area contributed by atoms with Crippen LogP contribution in [0, 0.1) is 12.7 Å². The number of hydrogen-bond donors (Lipinski definition) is 1. The molecule has 1 amide bonds. The van der Waals surface area contributed by atoms with Gasteiger partial charge in [-0.05, 0) is 55.0 Å². The standard InChI is InChI=1S/C27H22FN3O2/c1-17-25-20(15-24(30-17)19-8-5-9-22(29)14-19)16-31(26(25)32)27(18-6-3-2-4-7-18)33-23-12-10-21(28)11-13-23/h2-15,27H,16,29H2,1H3. The molecule has 2 N–H and O–H groups in total. The monoisotopic (exact) mass is 439 g/mol. The van der Waals surface area contributed by atoms with Crippen molar-refractivity contribution in [2.75, 3.05) is 5.73 Å². The molecule has 0 spiro atoms. The normalized spacial score (nSPS) is 13.6. The van der Waals surface area contributed by atoms with E-state index in [1.54, 1.807) is 17.0 Å². The number of carbonyl (C=O) groups is 1. The Morgan fingerprint density at radius 1 is 1.00 bits per heavy atom. The molecule has 164 valence electrons. The molecule has 0 fully saturated rings. The van der Waals surface area contributed by atoms with E-state index >= 15 is 0 Å². The van der Waals surface area contributed by atoms with Crippen LogP contribution >= 0.6 is 0 Å². The average Bonchev–Trinajstić information content (AvgIpc) is 3.15. The van der Waals surface area contributed by atoms with Crippen LogP contribution in [0.5, 0.6) is 5.75 Å². The van der Waals surface area contributed by atoms with E-state index in [1.165, 1.54) is 12.1 Å². The van der Waals surface area contributed by atoms with Gasteiger partial charge in [0.2, 0.25) is 6.23 Å². The van der Waals surface area contributed by atoms with E-state index in [9.17, 15) is 9.18 Å². The number of halogens is 1. The van der Waals surface area contributed by atoms with Gasteiger partial charge >= 0.3 is 0 Å². The molecule has 1 atom stereocenters. The third kappa shape index (κ3) is 4.03. The van der Waals surface area contributed by atoms with Gasteiger partial charge in [-0.3, -0.25) is 14.7 Å². The maximum Gasteiger partial charge on any atom is 0.259 e. The molecular formula is C27H22FN3O2. The summed E-state index contributed by atoms with van der Waals surface area (Å²) in [4.78, 5) is 19.9. The molecule has 0 aliphatic carbocycles. The third-order valence-electron chi connectivity index (χ3n) is 5.71. The molecule has 6 heteroatoms. The number of anilines is 1. The lowest BCUT2D eigenvalue weighted by atomic mass is 10.0. The largest absolute Gasteiger partial charge is 0.466 e. The van der Waals surface area contributed by atoms with E-state index < -0.39 is 6.23 Å². The van der Waals surface area contributed by atoms with Gasteiger partial charge in [0.1, 0.15) is 11.6 Å². The Morgan fingerprint density at radius 2 is 1.76 bits per heavy atom. The second kappa shape index (κ2) is 8.39. The Bertz CT molecular complexity index is 1320. The first-order chi connectivity index (χ1) is 16.0. The zero-order valence-electron chi connectivity index (χ0n) is 18.0. The van der Waals surface area contributed by atoms with Gasteiger partial charge in [0.15, 0.2) is 0 Å². The van der Waals surface area contributed by atoms with Crippen molar-refractivity contribution in [3.05, 3.63) is 113 Å². The maximum absolute atomic E-state index is 13.5. The maximum atomic E-state index is 13.5. The van der Waals surface area contributed by atoms with Gasteiger partial charge in [0.25, 0.3) is 5.91 Å². The van der Waals surface area contributed by atoms with Crippen LogP contribution in [0.2, 0.25) is 0 Å². The zero-order valence-corrected chi connectivity index (χ0v) is 18.0. The van der Waals surface area contributed by atoms with Gasteiger partial charge in [0, 0.05) is 16.8 Å². The molecule has 1 aromatic heterocycles. The number of fused-ring (bicyclic) bond motifs is 1. The number of nitrogen functional groups attached to an aromatic ring is 1. The van der Waals surface area contributed by atoms with Gasteiger partial charge in [-0.15, -0.1) is 0 Å². The highest BCUT2D eigenvalue weighted by Crippen LogP contribution is 2.36. The number of amides is 1. The minimum Gasteiger partial charge on any atom is -0.466 e. The number of carbonyl (C=O) groups excluding carboxylic acids is 1. The lowest BCUT2D eigenvalue weighted by Gasteiger charge is -2.28. The van der Waals surface area contributed by atoms with E-state index in [0.29, 0.717) is 29.2 Å². The summed E-state index contributed by atoms with van der Waals surface area (Å²) in [5, 5.41) is 0. The van der Waals surface area contributed by atoms with Crippen molar-refractivity contribution < 1.29 is 13.9 Å². The van der Waals surface area contributed by atoms with E-state index in [2.05, 4.69) is 4.98 Å². The van der Waals surface area contributed by atoms with Crippen LogP contribution < -0.4 is 10.5 Å². The molecule has 0 radical (unpaired) electrons. The highest BCUT2D eigenvalue weighted by Gasteiger charge is 2.37. The molecule has 5 nitrogen and oxygen atoms in total. The second-order valence-corrected chi connectivity index (χ2v) is 8.02. The number of hydrogen-bond acceptors (Lipinski definition) is 4. The van der Waals surface area contributed by atoms with Crippen LogP contribution in [0.3, 0.4) is 0 Å². The predicted molar refractivity (Wildman–Crippen MR) is 125 cm³/mol. The molecular weight excluding hydrogens is 417 g/mol. The van der Waals surface area contributed by atoms with E-state index in [4.69, 9.17) is 10.5 Å². The van der Waals surface area contributed by atoms with Crippen molar-refractivity contribution >= 4 is 11.6 Å². The quantitative estimate of drug-likeness (QED) is 0.416.